The lowest BCUT2D eigenvalue weighted by atomic mass is 10.1. The van der Waals surface area contributed by atoms with Crippen LogP contribution in [-0.4, -0.2) is 19.6 Å². The minimum absolute atomic E-state index is 0.715. The van der Waals surface area contributed by atoms with E-state index >= 15 is 0 Å². The summed E-state index contributed by atoms with van der Waals surface area (Å²) in [6.07, 6.45) is 10.5. The fourth-order valence-electron chi connectivity index (χ4n) is 2.69. The quantitative estimate of drug-likeness (QED) is 0.714. The summed E-state index contributed by atoms with van der Waals surface area (Å²) in [5.41, 5.74) is 3.13. The lowest BCUT2D eigenvalue weighted by Gasteiger charge is -2.10. The van der Waals surface area contributed by atoms with Gasteiger partial charge in [0.2, 0.25) is 0 Å². The van der Waals surface area contributed by atoms with Crippen LogP contribution in [-0.2, 0) is 13.0 Å². The molecule has 0 radical (unpaired) electrons. The summed E-state index contributed by atoms with van der Waals surface area (Å²) in [6, 6.07) is 6.13. The summed E-state index contributed by atoms with van der Waals surface area (Å²) in [6.45, 7) is 0.715. The van der Waals surface area contributed by atoms with Crippen molar-refractivity contribution in [3.05, 3.63) is 52.5 Å². The summed E-state index contributed by atoms with van der Waals surface area (Å²) in [4.78, 5) is 8.91. The summed E-state index contributed by atoms with van der Waals surface area (Å²) in [5.74, 6) is 1.88. The lowest BCUT2D eigenvalue weighted by Crippen LogP contribution is -2.08. The first-order valence-corrected chi connectivity index (χ1v) is 8.75. The molecular weight excluding hydrogens is 354 g/mol. The predicted octanol–water partition coefficient (Wildman–Crippen LogP) is 3.84. The Morgan fingerprint density at radius 2 is 2.22 bits per heavy atom. The second-order valence-electron chi connectivity index (χ2n) is 6.06. The first-order chi connectivity index (χ1) is 11.3. The third-order valence-corrected chi connectivity index (χ3v) is 4.74. The number of hydrogen-bond acceptors (Lipinski definition) is 4. The molecule has 0 spiro atoms. The number of aromatic nitrogens is 4. The zero-order chi connectivity index (χ0) is 15.6. The fraction of sp³-hybridized carbons (Fsp3) is 0.353. The van der Waals surface area contributed by atoms with Gasteiger partial charge in [-0.05, 0) is 46.3 Å². The first kappa shape index (κ1) is 14.6. The highest BCUT2D eigenvalue weighted by atomic mass is 79.9. The van der Waals surface area contributed by atoms with Gasteiger partial charge in [-0.25, -0.2) is 4.98 Å². The van der Waals surface area contributed by atoms with Crippen LogP contribution < -0.4 is 5.32 Å². The van der Waals surface area contributed by atoms with E-state index < -0.39 is 0 Å². The highest BCUT2D eigenvalue weighted by Gasteiger charge is 2.21. The van der Waals surface area contributed by atoms with Gasteiger partial charge < -0.3 is 5.32 Å². The van der Waals surface area contributed by atoms with Gasteiger partial charge in [0, 0.05) is 30.7 Å². The second-order valence-corrected chi connectivity index (χ2v) is 6.91. The average Bonchev–Trinajstić information content (AvgIpc) is 3.35. The van der Waals surface area contributed by atoms with E-state index in [9.17, 15) is 0 Å². The van der Waals surface area contributed by atoms with Gasteiger partial charge in [-0.1, -0.05) is 18.9 Å². The molecule has 0 unspecified atom stereocenters. The van der Waals surface area contributed by atoms with E-state index in [1.165, 1.54) is 19.3 Å². The number of fused-ring (bicyclic) bond motifs is 1. The molecule has 1 fully saturated rings. The predicted molar refractivity (Wildman–Crippen MR) is 93.3 cm³/mol. The van der Waals surface area contributed by atoms with Crippen LogP contribution in [0.2, 0.25) is 0 Å². The largest absolute Gasteiger partial charge is 0.366 e. The van der Waals surface area contributed by atoms with Gasteiger partial charge in [0.25, 0.3) is 0 Å². The van der Waals surface area contributed by atoms with E-state index in [-0.39, 0.29) is 0 Å². The summed E-state index contributed by atoms with van der Waals surface area (Å²) in [7, 11) is 0. The van der Waals surface area contributed by atoms with Gasteiger partial charge in [-0.3, -0.25) is 4.98 Å². The molecule has 3 aromatic rings. The molecule has 1 aliphatic rings. The van der Waals surface area contributed by atoms with E-state index in [1.54, 1.807) is 12.4 Å². The number of aryl methyl sites for hydroxylation is 1. The maximum atomic E-state index is 4.75. The molecule has 1 N–H and O–H groups in total. The minimum Gasteiger partial charge on any atom is -0.366 e. The van der Waals surface area contributed by atoms with Gasteiger partial charge in [-0.2, -0.15) is 9.61 Å². The van der Waals surface area contributed by atoms with Crippen LogP contribution in [0.15, 0.2) is 41.3 Å². The molecule has 0 aliphatic heterocycles. The molecular formula is C17H18BrN5. The molecule has 1 saturated carbocycles. The van der Waals surface area contributed by atoms with Crippen molar-refractivity contribution in [3.8, 4) is 0 Å². The van der Waals surface area contributed by atoms with Crippen molar-refractivity contribution in [2.75, 3.05) is 5.32 Å². The van der Waals surface area contributed by atoms with Crippen LogP contribution in [0, 0.1) is 5.92 Å². The smallest absolute Gasteiger partial charge is 0.171 e. The molecule has 3 aromatic heterocycles. The Labute approximate surface area is 143 Å². The van der Waals surface area contributed by atoms with Crippen LogP contribution in [0.5, 0.6) is 0 Å². The molecule has 0 atom stereocenters. The van der Waals surface area contributed by atoms with Crippen molar-refractivity contribution in [1.82, 2.24) is 19.6 Å². The Hall–Kier alpha value is -1.95. The molecule has 6 heteroatoms. The average molecular weight is 372 g/mol. The zero-order valence-corrected chi connectivity index (χ0v) is 14.3. The monoisotopic (exact) mass is 371 g/mol. The number of nitrogens with one attached hydrogen (secondary N) is 1. The molecule has 0 amide bonds. The molecule has 1 aliphatic carbocycles. The zero-order valence-electron chi connectivity index (χ0n) is 12.7. The number of pyridine rings is 1. The molecule has 0 aromatic carbocycles. The SMILES string of the molecule is Brc1cnn2c(NCc3cccnc3)cc(CCC3CC3)nc12. The molecule has 3 heterocycles. The maximum absolute atomic E-state index is 4.75. The van der Waals surface area contributed by atoms with E-state index in [0.29, 0.717) is 6.54 Å². The van der Waals surface area contributed by atoms with Crippen LogP contribution >= 0.6 is 15.9 Å². The Morgan fingerprint density at radius 3 is 3.00 bits per heavy atom. The highest BCUT2D eigenvalue weighted by molar-refractivity contribution is 9.10. The Bertz CT molecular complexity index is 810. The first-order valence-electron chi connectivity index (χ1n) is 7.95. The van der Waals surface area contributed by atoms with E-state index in [2.05, 4.69) is 43.5 Å². The van der Waals surface area contributed by atoms with E-state index in [0.717, 1.165) is 39.5 Å². The molecule has 0 bridgehead atoms. The fourth-order valence-corrected chi connectivity index (χ4v) is 3.04. The van der Waals surface area contributed by atoms with Crippen LogP contribution in [0.3, 0.4) is 0 Å². The number of rotatable bonds is 6. The number of hydrogen-bond donors (Lipinski definition) is 1. The molecule has 0 saturated heterocycles. The molecule has 5 nitrogen and oxygen atoms in total. The standard InChI is InChI=1S/C17H18BrN5/c18-15-11-21-23-16(20-10-13-2-1-7-19-9-13)8-14(22-17(15)23)6-5-12-3-4-12/h1-2,7-9,11-12,20H,3-6,10H2. The molecule has 23 heavy (non-hydrogen) atoms. The maximum Gasteiger partial charge on any atom is 0.171 e. The second kappa shape index (κ2) is 6.28. The van der Waals surface area contributed by atoms with Crippen molar-refractivity contribution in [2.45, 2.75) is 32.2 Å². The highest BCUT2D eigenvalue weighted by Crippen LogP contribution is 2.33. The molecule has 118 valence electrons. The third kappa shape index (κ3) is 3.37. The minimum atomic E-state index is 0.715. The number of halogens is 1. The van der Waals surface area contributed by atoms with Crippen molar-refractivity contribution in [1.29, 1.82) is 0 Å². The normalized spacial score (nSPS) is 14.3. The van der Waals surface area contributed by atoms with Gasteiger partial charge in [0.15, 0.2) is 5.65 Å². The number of anilines is 1. The van der Waals surface area contributed by atoms with Crippen molar-refractivity contribution >= 4 is 27.4 Å². The van der Waals surface area contributed by atoms with Crippen LogP contribution in [0.4, 0.5) is 5.82 Å². The summed E-state index contributed by atoms with van der Waals surface area (Å²) >= 11 is 3.54. The van der Waals surface area contributed by atoms with Crippen molar-refractivity contribution in [2.24, 2.45) is 5.92 Å². The molecule has 4 rings (SSSR count). The van der Waals surface area contributed by atoms with Gasteiger partial charge in [-0.15, -0.1) is 0 Å². The van der Waals surface area contributed by atoms with Gasteiger partial charge in [0.05, 0.1) is 10.7 Å². The summed E-state index contributed by atoms with van der Waals surface area (Å²) in [5, 5.41) is 7.87. The van der Waals surface area contributed by atoms with Gasteiger partial charge >= 0.3 is 0 Å². The third-order valence-electron chi connectivity index (χ3n) is 4.18. The Morgan fingerprint density at radius 1 is 1.30 bits per heavy atom. The topological polar surface area (TPSA) is 55.1 Å². The van der Waals surface area contributed by atoms with E-state index in [4.69, 9.17) is 4.98 Å². The van der Waals surface area contributed by atoms with Crippen LogP contribution in [0.25, 0.3) is 5.65 Å². The lowest BCUT2D eigenvalue weighted by molar-refractivity contribution is 0.712. The van der Waals surface area contributed by atoms with E-state index in [1.807, 2.05) is 16.8 Å². The van der Waals surface area contributed by atoms with Crippen molar-refractivity contribution < 1.29 is 0 Å². The Balaban J connectivity index is 1.60. The summed E-state index contributed by atoms with van der Waals surface area (Å²) < 4.78 is 2.77. The van der Waals surface area contributed by atoms with Crippen LogP contribution in [0.1, 0.15) is 30.5 Å². The van der Waals surface area contributed by atoms with Gasteiger partial charge in [0.1, 0.15) is 5.82 Å². The number of nitrogens with zero attached hydrogens (tertiary/aromatic N) is 4. The van der Waals surface area contributed by atoms with Crippen molar-refractivity contribution in [3.63, 3.8) is 0 Å². The Kier molecular flexibility index (Phi) is 3.99.